The first-order chi connectivity index (χ1) is 9.20. The normalized spacial score (nSPS) is 24.2. The molecule has 1 aliphatic rings. The second kappa shape index (κ2) is 7.04. The van der Waals surface area contributed by atoms with E-state index in [1.807, 2.05) is 12.3 Å². The van der Waals surface area contributed by atoms with Gasteiger partial charge < -0.3 is 4.74 Å². The van der Waals surface area contributed by atoms with E-state index in [0.717, 1.165) is 6.61 Å². The van der Waals surface area contributed by atoms with E-state index in [1.54, 1.807) is 0 Å². The molecule has 0 bridgehead atoms. The van der Waals surface area contributed by atoms with E-state index in [1.165, 1.54) is 41.9 Å². The van der Waals surface area contributed by atoms with Gasteiger partial charge in [0.25, 0.3) is 0 Å². The molecule has 2 heteroatoms. The molecule has 1 saturated heterocycles. The van der Waals surface area contributed by atoms with Crippen LogP contribution in [0.2, 0.25) is 0 Å². The van der Waals surface area contributed by atoms with Crippen molar-refractivity contribution in [3.8, 4) is 0 Å². The van der Waals surface area contributed by atoms with Crippen molar-refractivity contribution in [3.63, 3.8) is 0 Å². The van der Waals surface area contributed by atoms with Crippen LogP contribution in [0.3, 0.4) is 0 Å². The fraction of sp³-hybridized carbons (Fsp3) is 0.529. The van der Waals surface area contributed by atoms with Crippen LogP contribution in [-0.2, 0) is 4.74 Å². The highest BCUT2D eigenvalue weighted by molar-refractivity contribution is 7.99. The second-order valence-corrected chi connectivity index (χ2v) is 6.86. The third-order valence-corrected chi connectivity index (χ3v) is 5.31. The maximum atomic E-state index is 5.75. The molecule has 0 saturated carbocycles. The summed E-state index contributed by atoms with van der Waals surface area (Å²) in [4.78, 5) is 0. The Morgan fingerprint density at radius 2 is 2.16 bits per heavy atom. The summed E-state index contributed by atoms with van der Waals surface area (Å²) in [6, 6.07) is 10.4. The summed E-state index contributed by atoms with van der Waals surface area (Å²) in [5.41, 5.74) is 2.92. The summed E-state index contributed by atoms with van der Waals surface area (Å²) in [6.07, 6.45) is 5.79. The lowest BCUT2D eigenvalue weighted by molar-refractivity contribution is 0.181. The highest BCUT2D eigenvalue weighted by atomic mass is 32.2. The molecule has 1 nitrogen and oxygen atoms in total. The molecule has 104 valence electrons. The van der Waals surface area contributed by atoms with Crippen molar-refractivity contribution in [2.24, 2.45) is 5.41 Å². The van der Waals surface area contributed by atoms with Crippen molar-refractivity contribution in [1.82, 2.24) is 0 Å². The Kier molecular flexibility index (Phi) is 5.38. The lowest BCUT2D eigenvalue weighted by Crippen LogP contribution is -2.25. The van der Waals surface area contributed by atoms with Crippen LogP contribution in [0.5, 0.6) is 0 Å². The Bertz CT molecular complexity index is 405. The molecule has 1 atom stereocenters. The monoisotopic (exact) mass is 276 g/mol. The van der Waals surface area contributed by atoms with Crippen LogP contribution in [0, 0.1) is 5.41 Å². The van der Waals surface area contributed by atoms with E-state index in [2.05, 4.69) is 49.9 Å². The van der Waals surface area contributed by atoms with Gasteiger partial charge in [0.1, 0.15) is 0 Å². The number of thioether (sulfide) groups is 1. The maximum Gasteiger partial charge on any atom is 0.0879 e. The second-order valence-electron chi connectivity index (χ2n) is 5.75. The number of ether oxygens (including phenoxy) is 1. The number of rotatable bonds is 5. The molecule has 1 aromatic rings. The summed E-state index contributed by atoms with van der Waals surface area (Å²) in [6.45, 7) is 5.34. The van der Waals surface area contributed by atoms with Crippen LogP contribution >= 0.6 is 11.8 Å². The quantitative estimate of drug-likeness (QED) is 0.553. The molecule has 0 N–H and O–H groups in total. The van der Waals surface area contributed by atoms with Gasteiger partial charge in [0.15, 0.2) is 0 Å². The van der Waals surface area contributed by atoms with Crippen molar-refractivity contribution in [3.05, 3.63) is 42.2 Å². The summed E-state index contributed by atoms with van der Waals surface area (Å²) >= 11 is 2.09. The third kappa shape index (κ3) is 4.61. The van der Waals surface area contributed by atoms with Crippen LogP contribution in [0.25, 0.3) is 5.57 Å². The summed E-state index contributed by atoms with van der Waals surface area (Å²) in [5.74, 6) is 2.63. The van der Waals surface area contributed by atoms with Gasteiger partial charge in [-0.25, -0.2) is 0 Å². The minimum atomic E-state index is 0.484. The summed E-state index contributed by atoms with van der Waals surface area (Å²) in [5, 5.41) is 0. The van der Waals surface area contributed by atoms with Gasteiger partial charge in [-0.05, 0) is 54.2 Å². The Hall–Kier alpha value is -0.890. The van der Waals surface area contributed by atoms with E-state index in [0.29, 0.717) is 5.41 Å². The topological polar surface area (TPSA) is 9.23 Å². The van der Waals surface area contributed by atoms with Gasteiger partial charge in [0, 0.05) is 0 Å². The average Bonchev–Trinajstić information content (AvgIpc) is 2.45. The lowest BCUT2D eigenvalue weighted by Gasteiger charge is -2.32. The molecule has 19 heavy (non-hydrogen) atoms. The van der Waals surface area contributed by atoms with Gasteiger partial charge in [-0.15, -0.1) is 0 Å². The van der Waals surface area contributed by atoms with E-state index >= 15 is 0 Å². The molecule has 0 amide bonds. The predicted molar refractivity (Wildman–Crippen MR) is 85.3 cm³/mol. The third-order valence-electron chi connectivity index (χ3n) is 3.83. The van der Waals surface area contributed by atoms with Crippen molar-refractivity contribution >= 4 is 17.3 Å². The minimum Gasteiger partial charge on any atom is -0.501 e. The highest BCUT2D eigenvalue weighted by Crippen LogP contribution is 2.36. The molecular weight excluding hydrogens is 252 g/mol. The minimum absolute atomic E-state index is 0.484. The van der Waals surface area contributed by atoms with E-state index < -0.39 is 0 Å². The standard InChI is InChI=1S/C17H24OS/c1-15(16-7-4-3-5-8-16)13-18-11-10-17(2)9-6-12-19-14-17/h3-5,7-8,13H,6,9-12,14H2,1-2H3/b15-13-. The van der Waals surface area contributed by atoms with Crippen LogP contribution < -0.4 is 0 Å². The molecular formula is C17H24OS. The summed E-state index contributed by atoms with van der Waals surface area (Å²) < 4.78 is 5.75. The van der Waals surface area contributed by atoms with Crippen LogP contribution in [-0.4, -0.2) is 18.1 Å². The van der Waals surface area contributed by atoms with Crippen molar-refractivity contribution in [2.45, 2.75) is 33.1 Å². The summed E-state index contributed by atoms with van der Waals surface area (Å²) in [7, 11) is 0. The predicted octanol–water partition coefficient (Wildman–Crippen LogP) is 4.99. The zero-order valence-electron chi connectivity index (χ0n) is 12.0. The fourth-order valence-corrected chi connectivity index (χ4v) is 3.72. The smallest absolute Gasteiger partial charge is 0.0879 e. The Morgan fingerprint density at radius 3 is 2.84 bits per heavy atom. The first kappa shape index (κ1) is 14.5. The van der Waals surface area contributed by atoms with Gasteiger partial charge in [0.2, 0.25) is 0 Å². The molecule has 0 aliphatic carbocycles. The fourth-order valence-electron chi connectivity index (χ4n) is 2.45. The zero-order chi connectivity index (χ0) is 13.6. The van der Waals surface area contributed by atoms with Gasteiger partial charge in [-0.2, -0.15) is 11.8 Å². The lowest BCUT2D eigenvalue weighted by atomic mass is 9.84. The van der Waals surface area contributed by atoms with Gasteiger partial charge in [0.05, 0.1) is 12.9 Å². The Balaban J connectivity index is 1.77. The number of hydrogen-bond acceptors (Lipinski definition) is 2. The molecule has 0 spiro atoms. The van der Waals surface area contributed by atoms with Crippen molar-refractivity contribution in [1.29, 1.82) is 0 Å². The zero-order valence-corrected chi connectivity index (χ0v) is 12.8. The van der Waals surface area contributed by atoms with E-state index in [-0.39, 0.29) is 0 Å². The van der Waals surface area contributed by atoms with Gasteiger partial charge in [-0.3, -0.25) is 0 Å². The number of hydrogen-bond donors (Lipinski definition) is 0. The Morgan fingerprint density at radius 1 is 1.37 bits per heavy atom. The SMILES string of the molecule is C/C(=C/OCCC1(C)CCCSC1)c1ccccc1. The van der Waals surface area contributed by atoms with E-state index in [9.17, 15) is 0 Å². The first-order valence-corrected chi connectivity index (χ1v) is 8.27. The van der Waals surface area contributed by atoms with Crippen molar-refractivity contribution < 1.29 is 4.74 Å². The molecule has 1 unspecified atom stereocenters. The molecule has 2 rings (SSSR count). The molecule has 1 aliphatic heterocycles. The Labute approximate surface area is 121 Å². The average molecular weight is 276 g/mol. The molecule has 1 fully saturated rings. The maximum absolute atomic E-state index is 5.75. The van der Waals surface area contributed by atoms with Gasteiger partial charge in [-0.1, -0.05) is 37.3 Å². The highest BCUT2D eigenvalue weighted by Gasteiger charge is 2.26. The van der Waals surface area contributed by atoms with Crippen LogP contribution in [0.1, 0.15) is 38.7 Å². The first-order valence-electron chi connectivity index (χ1n) is 7.11. The molecule has 1 aromatic carbocycles. The molecule has 0 aromatic heterocycles. The van der Waals surface area contributed by atoms with Crippen LogP contribution in [0.15, 0.2) is 36.6 Å². The molecule has 0 radical (unpaired) electrons. The number of allylic oxidation sites excluding steroid dienone is 1. The van der Waals surface area contributed by atoms with Gasteiger partial charge >= 0.3 is 0 Å². The largest absolute Gasteiger partial charge is 0.501 e. The van der Waals surface area contributed by atoms with E-state index in [4.69, 9.17) is 4.74 Å². The van der Waals surface area contributed by atoms with Crippen LogP contribution in [0.4, 0.5) is 0 Å². The molecule has 1 heterocycles. The number of benzene rings is 1. The van der Waals surface area contributed by atoms with Crippen molar-refractivity contribution in [2.75, 3.05) is 18.1 Å².